The van der Waals surface area contributed by atoms with E-state index in [0.29, 0.717) is 35.9 Å². The van der Waals surface area contributed by atoms with E-state index in [0.717, 1.165) is 6.20 Å². The third-order valence-corrected chi connectivity index (χ3v) is 5.42. The molecule has 0 saturated heterocycles. The van der Waals surface area contributed by atoms with Crippen molar-refractivity contribution < 1.29 is 13.3 Å². The first-order valence-corrected chi connectivity index (χ1v) is 10.6. The van der Waals surface area contributed by atoms with Crippen LogP contribution in [-0.2, 0) is 19.6 Å². The molecule has 0 spiro atoms. The third-order valence-electron chi connectivity index (χ3n) is 5.42. The molecule has 4 heterocycles. The molecule has 0 radical (unpaired) electrons. The molecule has 35 heavy (non-hydrogen) atoms. The van der Waals surface area contributed by atoms with E-state index in [-0.39, 0.29) is 41.9 Å². The van der Waals surface area contributed by atoms with Crippen LogP contribution in [0.2, 0.25) is 0 Å². The lowest BCUT2D eigenvalue weighted by atomic mass is 10.2. The van der Waals surface area contributed by atoms with Crippen LogP contribution in [0.25, 0.3) is 5.70 Å². The van der Waals surface area contributed by atoms with Crippen molar-refractivity contribution in [2.45, 2.75) is 19.6 Å². The van der Waals surface area contributed by atoms with Gasteiger partial charge in [0.15, 0.2) is 23.3 Å². The Bertz CT molecular complexity index is 1470. The number of aromatic nitrogens is 6. The van der Waals surface area contributed by atoms with Gasteiger partial charge in [0.2, 0.25) is 0 Å². The highest BCUT2D eigenvalue weighted by atomic mass is 19.1. The molecule has 178 valence electrons. The van der Waals surface area contributed by atoms with E-state index in [1.165, 1.54) is 23.0 Å². The van der Waals surface area contributed by atoms with Crippen molar-refractivity contribution in [3.63, 3.8) is 0 Å². The summed E-state index contributed by atoms with van der Waals surface area (Å²) in [5.74, 6) is -0.466. The molecular weight excluding hydrogens is 460 g/mol. The average Bonchev–Trinajstić information content (AvgIpc) is 3.53. The quantitative estimate of drug-likeness (QED) is 0.397. The van der Waals surface area contributed by atoms with Crippen molar-refractivity contribution in [1.29, 1.82) is 0 Å². The van der Waals surface area contributed by atoms with E-state index >= 15 is 0 Å². The molecule has 0 aliphatic carbocycles. The van der Waals surface area contributed by atoms with Crippen molar-refractivity contribution in [1.82, 2.24) is 29.9 Å². The van der Waals surface area contributed by atoms with Gasteiger partial charge in [-0.25, -0.2) is 28.6 Å². The summed E-state index contributed by atoms with van der Waals surface area (Å²) in [6, 6.07) is 7.86. The van der Waals surface area contributed by atoms with Crippen LogP contribution in [0.1, 0.15) is 22.9 Å². The number of H-pyrrole nitrogens is 1. The number of hydrogen-bond acceptors (Lipinski definition) is 9. The van der Waals surface area contributed by atoms with Gasteiger partial charge in [0.05, 0.1) is 30.7 Å². The van der Waals surface area contributed by atoms with E-state index in [4.69, 9.17) is 10.3 Å². The minimum atomic E-state index is -0.641. The van der Waals surface area contributed by atoms with Gasteiger partial charge in [-0.2, -0.15) is 5.10 Å². The average molecular weight is 479 g/mol. The Morgan fingerprint density at radius 2 is 2.09 bits per heavy atom. The number of aliphatic imine (C=N–C) groups is 1. The molecule has 4 aromatic rings. The molecule has 0 unspecified atom stereocenters. The number of aromatic amines is 1. The number of nitrogens with zero attached hydrogens (tertiary/aromatic N) is 7. The topological polar surface area (TPSA) is 144 Å². The molecule has 0 bridgehead atoms. The zero-order chi connectivity index (χ0) is 24.4. The molecular formula is C22H19F2N9O2. The van der Waals surface area contributed by atoms with E-state index < -0.39 is 5.82 Å². The fourth-order valence-electron chi connectivity index (χ4n) is 3.63. The molecule has 1 aliphatic rings. The monoisotopic (exact) mass is 479 g/mol. The van der Waals surface area contributed by atoms with Gasteiger partial charge in [-0.3, -0.25) is 9.56 Å². The SMILES string of the molecule is NC(=CC(=NCc1ccccc1F)c1ccon1)c1ncc(F)c(N2CCn3c(n[nH]c3=O)C2)n1. The van der Waals surface area contributed by atoms with Gasteiger partial charge >= 0.3 is 5.69 Å². The molecule has 0 amide bonds. The van der Waals surface area contributed by atoms with Crippen LogP contribution in [0.4, 0.5) is 14.6 Å². The summed E-state index contributed by atoms with van der Waals surface area (Å²) in [7, 11) is 0. The lowest BCUT2D eigenvalue weighted by Gasteiger charge is -2.27. The van der Waals surface area contributed by atoms with Crippen LogP contribution in [0.15, 0.2) is 63.2 Å². The van der Waals surface area contributed by atoms with Gasteiger partial charge in [0.1, 0.15) is 17.8 Å². The summed E-state index contributed by atoms with van der Waals surface area (Å²) >= 11 is 0. The summed E-state index contributed by atoms with van der Waals surface area (Å²) in [5, 5.41) is 10.2. The largest absolute Gasteiger partial charge is 0.396 e. The maximum absolute atomic E-state index is 14.6. The molecule has 3 N–H and O–H groups in total. The summed E-state index contributed by atoms with van der Waals surface area (Å²) in [6.07, 6.45) is 3.86. The Kier molecular flexibility index (Phi) is 5.87. The van der Waals surface area contributed by atoms with Gasteiger partial charge in [-0.05, 0) is 12.1 Å². The maximum atomic E-state index is 14.6. The standard InChI is InChI=1S/C22H19F2N9O2/c23-14-4-2-1-3-13(14)10-26-18(17-5-8-35-31-17)9-16(25)20-27-11-15(24)21(28-20)32-6-7-33-19(12-32)29-30-22(33)34/h1-5,8-9,11H,6-7,10,12,25H2,(H,30,34). The van der Waals surface area contributed by atoms with E-state index in [1.54, 1.807) is 29.2 Å². The van der Waals surface area contributed by atoms with Crippen LogP contribution in [-0.4, -0.2) is 42.1 Å². The lowest BCUT2D eigenvalue weighted by molar-refractivity contribution is 0.418. The van der Waals surface area contributed by atoms with Crippen LogP contribution in [0.3, 0.4) is 0 Å². The molecule has 0 fully saturated rings. The van der Waals surface area contributed by atoms with Crippen molar-refractivity contribution >= 4 is 17.2 Å². The highest BCUT2D eigenvalue weighted by Gasteiger charge is 2.24. The molecule has 13 heteroatoms. The second-order valence-corrected chi connectivity index (χ2v) is 7.66. The van der Waals surface area contributed by atoms with E-state index in [2.05, 4.69) is 30.3 Å². The summed E-state index contributed by atoms with van der Waals surface area (Å²) in [4.78, 5) is 26.1. The second-order valence-electron chi connectivity index (χ2n) is 7.66. The Morgan fingerprint density at radius 3 is 2.89 bits per heavy atom. The number of nitrogens with two attached hydrogens (primary N) is 1. The van der Waals surface area contributed by atoms with Crippen molar-refractivity contribution in [3.8, 4) is 0 Å². The number of hydrogen-bond donors (Lipinski definition) is 2. The zero-order valence-electron chi connectivity index (χ0n) is 18.2. The van der Waals surface area contributed by atoms with E-state index in [9.17, 15) is 13.6 Å². The van der Waals surface area contributed by atoms with Gasteiger partial charge in [0.25, 0.3) is 0 Å². The summed E-state index contributed by atoms with van der Waals surface area (Å²) in [5.41, 5.74) is 7.11. The second kappa shape index (κ2) is 9.29. The highest BCUT2D eigenvalue weighted by Crippen LogP contribution is 2.21. The third kappa shape index (κ3) is 4.55. The molecule has 5 rings (SSSR count). The number of nitrogens with one attached hydrogen (secondary N) is 1. The predicted molar refractivity (Wildman–Crippen MR) is 121 cm³/mol. The number of anilines is 1. The summed E-state index contributed by atoms with van der Waals surface area (Å²) in [6.45, 7) is 0.892. The number of fused-ring (bicyclic) bond motifs is 1. The van der Waals surface area contributed by atoms with Crippen LogP contribution in [0.5, 0.6) is 0 Å². The van der Waals surface area contributed by atoms with Crippen molar-refractivity contribution in [2.24, 2.45) is 10.7 Å². The van der Waals surface area contributed by atoms with Crippen LogP contribution >= 0.6 is 0 Å². The van der Waals surface area contributed by atoms with Crippen LogP contribution in [0, 0.1) is 11.6 Å². The van der Waals surface area contributed by atoms with Gasteiger partial charge in [-0.1, -0.05) is 23.4 Å². The van der Waals surface area contributed by atoms with Gasteiger partial charge < -0.3 is 15.2 Å². The molecule has 3 aromatic heterocycles. The Hall–Kier alpha value is -4.68. The number of benzene rings is 1. The van der Waals surface area contributed by atoms with Crippen molar-refractivity contribution in [2.75, 3.05) is 11.4 Å². The molecule has 0 atom stereocenters. The fourth-order valence-corrected chi connectivity index (χ4v) is 3.63. The first-order chi connectivity index (χ1) is 17.0. The number of rotatable bonds is 6. The lowest BCUT2D eigenvalue weighted by Crippen LogP contribution is -2.38. The minimum Gasteiger partial charge on any atom is -0.396 e. The Morgan fingerprint density at radius 1 is 1.23 bits per heavy atom. The Balaban J connectivity index is 1.45. The molecule has 11 nitrogen and oxygen atoms in total. The normalized spacial score (nSPS) is 14.3. The van der Waals surface area contributed by atoms with Crippen molar-refractivity contribution in [3.05, 3.63) is 93.9 Å². The first kappa shape index (κ1) is 22.1. The van der Waals surface area contributed by atoms with Gasteiger partial charge in [0, 0.05) is 24.7 Å². The minimum absolute atomic E-state index is 0.0272. The summed E-state index contributed by atoms with van der Waals surface area (Å²) < 4.78 is 35.1. The zero-order valence-corrected chi connectivity index (χ0v) is 18.2. The smallest absolute Gasteiger partial charge is 0.343 e. The molecule has 1 aromatic carbocycles. The molecule has 0 saturated carbocycles. The Labute approximate surface area is 196 Å². The van der Waals surface area contributed by atoms with E-state index in [1.807, 2.05) is 0 Å². The highest BCUT2D eigenvalue weighted by molar-refractivity contribution is 6.10. The molecule has 1 aliphatic heterocycles. The van der Waals surface area contributed by atoms with Crippen LogP contribution < -0.4 is 16.3 Å². The number of halogens is 2. The first-order valence-electron chi connectivity index (χ1n) is 10.6. The number of allylic oxidation sites excluding steroid dienone is 1. The fraction of sp³-hybridized carbons (Fsp3) is 0.182. The predicted octanol–water partition coefficient (Wildman–Crippen LogP) is 1.64. The maximum Gasteiger partial charge on any atom is 0.343 e. The van der Waals surface area contributed by atoms with Gasteiger partial charge in [-0.15, -0.1) is 0 Å².